The predicted octanol–water partition coefficient (Wildman–Crippen LogP) is 1.04. The van der Waals surface area contributed by atoms with E-state index in [1.807, 2.05) is 0 Å². The van der Waals surface area contributed by atoms with Crippen LogP contribution in [-0.4, -0.2) is 34.5 Å². The zero-order valence-electron chi connectivity index (χ0n) is 9.40. The maximum absolute atomic E-state index is 5.66. The van der Waals surface area contributed by atoms with E-state index in [9.17, 15) is 0 Å². The molecule has 15 heavy (non-hydrogen) atoms. The largest absolute Gasteiger partial charge is 0.382 e. The number of nitrogens with zero attached hydrogens (tertiary/aromatic N) is 3. The Bertz CT molecular complexity index is 350. The van der Waals surface area contributed by atoms with Crippen molar-refractivity contribution in [2.75, 3.05) is 25.4 Å². The van der Waals surface area contributed by atoms with Gasteiger partial charge in [0.15, 0.2) is 0 Å². The average Bonchev–Trinajstić information content (AvgIpc) is 2.38. The first-order valence-corrected chi connectivity index (χ1v) is 5.54. The van der Waals surface area contributed by atoms with E-state index in [0.29, 0.717) is 11.7 Å². The van der Waals surface area contributed by atoms with Crippen LogP contribution in [0.3, 0.4) is 0 Å². The van der Waals surface area contributed by atoms with Crippen molar-refractivity contribution in [1.29, 1.82) is 0 Å². The van der Waals surface area contributed by atoms with Crippen molar-refractivity contribution in [3.63, 3.8) is 0 Å². The molecular weight excluding hydrogens is 188 g/mol. The lowest BCUT2D eigenvalue weighted by Crippen LogP contribution is -2.27. The second kappa shape index (κ2) is 4.14. The summed E-state index contributed by atoms with van der Waals surface area (Å²) < 4.78 is 0. The Labute approximate surface area is 90.5 Å². The molecule has 0 aliphatic carbocycles. The van der Waals surface area contributed by atoms with Crippen molar-refractivity contribution < 1.29 is 0 Å². The van der Waals surface area contributed by atoms with Crippen molar-refractivity contribution in [2.24, 2.45) is 0 Å². The third kappa shape index (κ3) is 2.09. The van der Waals surface area contributed by atoms with Crippen LogP contribution in [0.2, 0.25) is 0 Å². The van der Waals surface area contributed by atoms with Gasteiger partial charge in [-0.15, -0.1) is 0 Å². The van der Waals surface area contributed by atoms with Crippen LogP contribution in [0.1, 0.15) is 31.2 Å². The number of fused-ring (bicyclic) bond motifs is 1. The second-order valence-electron chi connectivity index (χ2n) is 4.17. The van der Waals surface area contributed by atoms with Crippen molar-refractivity contribution in [3.05, 3.63) is 17.6 Å². The van der Waals surface area contributed by atoms with Crippen molar-refractivity contribution in [3.8, 4) is 0 Å². The summed E-state index contributed by atoms with van der Waals surface area (Å²) in [4.78, 5) is 11.2. The first-order chi connectivity index (χ1) is 7.20. The highest BCUT2D eigenvalue weighted by molar-refractivity contribution is 5.30. The number of anilines is 1. The van der Waals surface area contributed by atoms with Crippen LogP contribution in [-0.2, 0) is 6.42 Å². The van der Waals surface area contributed by atoms with E-state index in [-0.39, 0.29) is 0 Å². The molecule has 0 bridgehead atoms. The maximum atomic E-state index is 5.66. The van der Waals surface area contributed by atoms with Gasteiger partial charge in [0, 0.05) is 25.4 Å². The first kappa shape index (κ1) is 10.4. The fourth-order valence-electron chi connectivity index (χ4n) is 2.16. The molecule has 4 nitrogen and oxygen atoms in total. The molecule has 1 aromatic rings. The summed E-state index contributed by atoms with van der Waals surface area (Å²) in [5.74, 6) is 0.987. The highest BCUT2D eigenvalue weighted by Gasteiger charge is 2.21. The van der Waals surface area contributed by atoms with E-state index in [1.165, 1.54) is 0 Å². The van der Waals surface area contributed by atoms with Gasteiger partial charge in [-0.05, 0) is 6.54 Å². The van der Waals surface area contributed by atoms with E-state index < -0.39 is 0 Å². The van der Waals surface area contributed by atoms with E-state index in [0.717, 1.165) is 37.4 Å². The van der Waals surface area contributed by atoms with Gasteiger partial charge in [-0.3, -0.25) is 4.98 Å². The van der Waals surface area contributed by atoms with Crippen LogP contribution in [0.15, 0.2) is 6.20 Å². The summed E-state index contributed by atoms with van der Waals surface area (Å²) in [6.45, 7) is 7.62. The quantitative estimate of drug-likeness (QED) is 0.746. The van der Waals surface area contributed by atoms with E-state index >= 15 is 0 Å². The molecule has 1 aliphatic rings. The highest BCUT2D eigenvalue weighted by atomic mass is 15.1. The van der Waals surface area contributed by atoms with Gasteiger partial charge in [-0.2, -0.15) is 0 Å². The third-order valence-electron chi connectivity index (χ3n) is 3.01. The van der Waals surface area contributed by atoms with Crippen LogP contribution in [0.25, 0.3) is 0 Å². The number of nitrogen functional groups attached to an aromatic ring is 1. The molecule has 0 aromatic carbocycles. The molecule has 1 aliphatic heterocycles. The van der Waals surface area contributed by atoms with Crippen LogP contribution < -0.4 is 5.73 Å². The smallest absolute Gasteiger partial charge is 0.142 e. The Morgan fingerprint density at radius 1 is 1.60 bits per heavy atom. The number of hydrogen-bond donors (Lipinski definition) is 1. The van der Waals surface area contributed by atoms with Gasteiger partial charge < -0.3 is 10.6 Å². The van der Waals surface area contributed by atoms with Crippen LogP contribution in [0, 0.1) is 0 Å². The Balaban J connectivity index is 2.30. The molecule has 0 saturated carbocycles. The van der Waals surface area contributed by atoms with Crippen molar-refractivity contribution in [2.45, 2.75) is 26.2 Å². The van der Waals surface area contributed by atoms with Gasteiger partial charge in [-0.25, -0.2) is 4.98 Å². The standard InChI is InChI=1S/C11H18N4/c1-3-15-5-4-9-11(8(2)7-15)13-6-10(12)14-9/h6,8H,3-5,7H2,1-2H3,(H2,12,14). The SMILES string of the molecule is CCN1CCc2nc(N)cnc2C(C)C1. The molecule has 0 fully saturated rings. The summed E-state index contributed by atoms with van der Waals surface area (Å²) in [5.41, 5.74) is 7.87. The zero-order chi connectivity index (χ0) is 10.8. The molecule has 1 aromatic heterocycles. The lowest BCUT2D eigenvalue weighted by molar-refractivity contribution is 0.285. The first-order valence-electron chi connectivity index (χ1n) is 5.54. The minimum atomic E-state index is 0.454. The Hall–Kier alpha value is -1.16. The summed E-state index contributed by atoms with van der Waals surface area (Å²) in [6.07, 6.45) is 2.63. The molecule has 0 spiro atoms. The molecule has 0 saturated heterocycles. The van der Waals surface area contributed by atoms with Crippen LogP contribution in [0.4, 0.5) is 5.82 Å². The average molecular weight is 206 g/mol. The molecule has 82 valence electrons. The fourth-order valence-corrected chi connectivity index (χ4v) is 2.16. The lowest BCUT2D eigenvalue weighted by Gasteiger charge is -2.19. The summed E-state index contributed by atoms with van der Waals surface area (Å²) in [6, 6.07) is 0. The van der Waals surface area contributed by atoms with Gasteiger partial charge in [0.05, 0.1) is 17.6 Å². The molecule has 2 heterocycles. The minimum absolute atomic E-state index is 0.454. The zero-order valence-corrected chi connectivity index (χ0v) is 9.40. The Morgan fingerprint density at radius 3 is 3.13 bits per heavy atom. The third-order valence-corrected chi connectivity index (χ3v) is 3.01. The van der Waals surface area contributed by atoms with Crippen molar-refractivity contribution in [1.82, 2.24) is 14.9 Å². The number of likely N-dealkylation sites (N-methyl/N-ethyl adjacent to an activating group) is 1. The van der Waals surface area contributed by atoms with E-state index in [2.05, 4.69) is 28.7 Å². The van der Waals surface area contributed by atoms with Gasteiger partial charge in [0.25, 0.3) is 0 Å². The number of nitrogens with two attached hydrogens (primary N) is 1. The maximum Gasteiger partial charge on any atom is 0.142 e. The Kier molecular flexibility index (Phi) is 2.86. The van der Waals surface area contributed by atoms with E-state index in [4.69, 9.17) is 5.73 Å². The molecular formula is C11H18N4. The fraction of sp³-hybridized carbons (Fsp3) is 0.636. The number of hydrogen-bond acceptors (Lipinski definition) is 4. The molecule has 2 rings (SSSR count). The minimum Gasteiger partial charge on any atom is -0.382 e. The van der Waals surface area contributed by atoms with Crippen LogP contribution in [0.5, 0.6) is 0 Å². The number of aromatic nitrogens is 2. The van der Waals surface area contributed by atoms with Crippen molar-refractivity contribution >= 4 is 5.82 Å². The summed E-state index contributed by atoms with van der Waals surface area (Å²) in [5, 5.41) is 0. The molecule has 0 amide bonds. The van der Waals surface area contributed by atoms with Gasteiger partial charge >= 0.3 is 0 Å². The van der Waals surface area contributed by atoms with Gasteiger partial charge in [0.2, 0.25) is 0 Å². The van der Waals surface area contributed by atoms with Gasteiger partial charge in [-0.1, -0.05) is 13.8 Å². The van der Waals surface area contributed by atoms with Gasteiger partial charge in [0.1, 0.15) is 5.82 Å². The summed E-state index contributed by atoms with van der Waals surface area (Å²) >= 11 is 0. The lowest BCUT2D eigenvalue weighted by atomic mass is 10.1. The second-order valence-corrected chi connectivity index (χ2v) is 4.17. The monoisotopic (exact) mass is 206 g/mol. The Morgan fingerprint density at radius 2 is 2.40 bits per heavy atom. The molecule has 1 unspecified atom stereocenters. The molecule has 2 N–H and O–H groups in total. The molecule has 0 radical (unpaired) electrons. The molecule has 4 heteroatoms. The predicted molar refractivity (Wildman–Crippen MR) is 60.7 cm³/mol. The van der Waals surface area contributed by atoms with Crippen LogP contribution >= 0.6 is 0 Å². The van der Waals surface area contributed by atoms with E-state index in [1.54, 1.807) is 6.20 Å². The highest BCUT2D eigenvalue weighted by Crippen LogP contribution is 2.22. The normalized spacial score (nSPS) is 22.1. The summed E-state index contributed by atoms with van der Waals surface area (Å²) in [7, 11) is 0. The topological polar surface area (TPSA) is 55.0 Å². The molecule has 1 atom stereocenters. The number of rotatable bonds is 1.